The van der Waals surface area contributed by atoms with Crippen LogP contribution in [-0.2, 0) is 32.0 Å². The maximum absolute atomic E-state index is 13.9. The summed E-state index contributed by atoms with van der Waals surface area (Å²) in [6, 6.07) is 3.90. The number of hydrogen-bond acceptors (Lipinski definition) is 5. The molecule has 3 N–H and O–H groups in total. The summed E-state index contributed by atoms with van der Waals surface area (Å²) in [4.78, 5) is 22.7. The zero-order chi connectivity index (χ0) is 33.8. The smallest absolute Gasteiger partial charge is 0.475 e. The summed E-state index contributed by atoms with van der Waals surface area (Å²) in [6.45, 7) is 3.35. The minimum atomic E-state index is -5.08. The SMILES string of the molecule is CC(C)(C1CCN(C(=O)C[C@H](N)Cc2cc(F)c(F)cc2F)CC1)S(=O)(=O)c1cccc(C(F)(F)F)c1.O=C(O)C(F)(F)F. The Morgan fingerprint density at radius 1 is 0.955 bits per heavy atom. The second-order valence-corrected chi connectivity index (χ2v) is 13.1. The Kier molecular flexibility index (Phi) is 11.5. The standard InChI is InChI=1S/C25H28F6N2O3S.C2HF3O2/c1-24(2,37(35,36)19-5-3-4-17(12-19)25(29,30)31)16-6-8-33(9-7-16)23(34)13-18(32)10-15-11-21(27)22(28)14-20(15)26;3-2(4,5)1(6)7/h3-5,11-12,14,16,18H,6-10,13,32H2,1-2H3;(H,6,7)/t18-;/m1./s1. The highest BCUT2D eigenvalue weighted by Crippen LogP contribution is 2.39. The molecule has 0 radical (unpaired) electrons. The van der Waals surface area contributed by atoms with E-state index in [1.165, 1.54) is 18.7 Å². The molecule has 1 atom stereocenters. The zero-order valence-electron chi connectivity index (χ0n) is 23.3. The molecular formula is C27H29F9N2O5S. The van der Waals surface area contributed by atoms with Crippen LogP contribution in [0, 0.1) is 23.4 Å². The van der Waals surface area contributed by atoms with Crippen molar-refractivity contribution in [1.29, 1.82) is 0 Å². The van der Waals surface area contributed by atoms with Crippen molar-refractivity contribution in [1.82, 2.24) is 4.90 Å². The third-order valence-corrected chi connectivity index (χ3v) is 9.84. The molecule has 0 saturated carbocycles. The average molecular weight is 665 g/mol. The van der Waals surface area contributed by atoms with E-state index in [2.05, 4.69) is 0 Å². The topological polar surface area (TPSA) is 118 Å². The van der Waals surface area contributed by atoms with Gasteiger partial charge in [-0.1, -0.05) is 6.07 Å². The van der Waals surface area contributed by atoms with Gasteiger partial charge in [-0.2, -0.15) is 26.3 Å². The first kappa shape index (κ1) is 36.8. The second kappa shape index (κ2) is 13.7. The molecule has 0 unspecified atom stereocenters. The first-order valence-corrected chi connectivity index (χ1v) is 14.4. The summed E-state index contributed by atoms with van der Waals surface area (Å²) < 4.78 is 137. The number of benzene rings is 2. The monoisotopic (exact) mass is 664 g/mol. The number of carboxylic acids is 1. The molecule has 44 heavy (non-hydrogen) atoms. The lowest BCUT2D eigenvalue weighted by Crippen LogP contribution is -2.48. The number of alkyl halides is 6. The van der Waals surface area contributed by atoms with Gasteiger partial charge in [0.25, 0.3) is 0 Å². The number of sulfone groups is 1. The van der Waals surface area contributed by atoms with Crippen molar-refractivity contribution < 1.29 is 62.6 Å². The van der Waals surface area contributed by atoms with E-state index in [1.54, 1.807) is 0 Å². The van der Waals surface area contributed by atoms with Crippen LogP contribution < -0.4 is 5.73 Å². The van der Waals surface area contributed by atoms with Gasteiger partial charge in [-0.3, -0.25) is 4.79 Å². The van der Waals surface area contributed by atoms with Crippen LogP contribution in [0.5, 0.6) is 0 Å². The molecule has 1 fully saturated rings. The molecule has 1 heterocycles. The molecule has 3 rings (SSSR count). The van der Waals surface area contributed by atoms with Crippen molar-refractivity contribution in [2.24, 2.45) is 11.7 Å². The third-order valence-electron chi connectivity index (χ3n) is 7.25. The van der Waals surface area contributed by atoms with E-state index in [-0.39, 0.29) is 37.4 Å². The lowest BCUT2D eigenvalue weighted by atomic mass is 9.85. The fraction of sp³-hybridized carbons (Fsp3) is 0.481. The van der Waals surface area contributed by atoms with Gasteiger partial charge in [-0.05, 0) is 68.9 Å². The van der Waals surface area contributed by atoms with Crippen molar-refractivity contribution in [3.05, 3.63) is 65.0 Å². The summed E-state index contributed by atoms with van der Waals surface area (Å²) in [5, 5.41) is 7.12. The van der Waals surface area contributed by atoms with Crippen molar-refractivity contribution in [3.8, 4) is 0 Å². The van der Waals surface area contributed by atoms with Gasteiger partial charge < -0.3 is 15.7 Å². The van der Waals surface area contributed by atoms with Crippen LogP contribution in [0.2, 0.25) is 0 Å². The normalized spacial score (nSPS) is 15.8. The summed E-state index contributed by atoms with van der Waals surface area (Å²) in [5.41, 5.74) is 4.74. The Morgan fingerprint density at radius 3 is 1.98 bits per heavy atom. The zero-order valence-corrected chi connectivity index (χ0v) is 24.1. The molecule has 2 aromatic rings. The van der Waals surface area contributed by atoms with E-state index in [1.807, 2.05) is 0 Å². The molecular weight excluding hydrogens is 635 g/mol. The Bertz CT molecular complexity index is 1450. The number of halogens is 9. The van der Waals surface area contributed by atoms with E-state index in [4.69, 9.17) is 15.6 Å². The maximum atomic E-state index is 13.9. The molecule has 17 heteroatoms. The van der Waals surface area contributed by atoms with Crippen LogP contribution in [-0.4, -0.2) is 60.4 Å². The number of amides is 1. The number of piperidine rings is 1. The molecule has 246 valence electrons. The van der Waals surface area contributed by atoms with Gasteiger partial charge in [0.1, 0.15) is 5.82 Å². The van der Waals surface area contributed by atoms with Crippen LogP contribution in [0.1, 0.15) is 44.2 Å². The number of carbonyl (C=O) groups excluding carboxylic acids is 1. The predicted molar refractivity (Wildman–Crippen MR) is 138 cm³/mol. The Balaban J connectivity index is 0.000000860. The molecule has 2 aromatic carbocycles. The summed E-state index contributed by atoms with van der Waals surface area (Å²) in [6.07, 6.45) is -9.55. The van der Waals surface area contributed by atoms with E-state index < -0.39 is 72.8 Å². The number of hydrogen-bond donors (Lipinski definition) is 2. The van der Waals surface area contributed by atoms with Gasteiger partial charge in [0.05, 0.1) is 15.2 Å². The van der Waals surface area contributed by atoms with Crippen LogP contribution in [0.4, 0.5) is 39.5 Å². The van der Waals surface area contributed by atoms with Gasteiger partial charge in [-0.15, -0.1) is 0 Å². The first-order valence-electron chi connectivity index (χ1n) is 12.9. The first-order chi connectivity index (χ1) is 20.0. The van der Waals surface area contributed by atoms with Crippen molar-refractivity contribution >= 4 is 21.7 Å². The van der Waals surface area contributed by atoms with Gasteiger partial charge in [0.2, 0.25) is 5.91 Å². The van der Waals surface area contributed by atoms with Gasteiger partial charge in [0.15, 0.2) is 21.5 Å². The second-order valence-electron chi connectivity index (χ2n) is 10.6. The number of carbonyl (C=O) groups is 2. The summed E-state index contributed by atoms with van der Waals surface area (Å²) >= 11 is 0. The van der Waals surface area contributed by atoms with E-state index in [0.29, 0.717) is 31.0 Å². The highest BCUT2D eigenvalue weighted by molar-refractivity contribution is 7.92. The number of nitrogens with two attached hydrogens (primary N) is 1. The molecule has 1 aliphatic heterocycles. The van der Waals surface area contributed by atoms with E-state index in [9.17, 15) is 52.7 Å². The van der Waals surface area contributed by atoms with Crippen LogP contribution >= 0.6 is 0 Å². The largest absolute Gasteiger partial charge is 0.490 e. The molecule has 0 spiro atoms. The minimum Gasteiger partial charge on any atom is -0.475 e. The van der Waals surface area contributed by atoms with Crippen molar-refractivity contribution in [2.75, 3.05) is 13.1 Å². The number of likely N-dealkylation sites (tertiary alicyclic amines) is 1. The Labute approximate surface area is 246 Å². The molecule has 0 aliphatic carbocycles. The average Bonchev–Trinajstić information content (AvgIpc) is 2.91. The van der Waals surface area contributed by atoms with Crippen molar-refractivity contribution in [2.45, 2.75) is 67.6 Å². The summed E-state index contributed by atoms with van der Waals surface area (Å²) in [7, 11) is -4.14. The molecule has 1 amide bonds. The van der Waals surface area contributed by atoms with E-state index >= 15 is 0 Å². The molecule has 1 saturated heterocycles. The number of nitrogens with zero attached hydrogens (tertiary/aromatic N) is 1. The van der Waals surface area contributed by atoms with Crippen LogP contribution in [0.25, 0.3) is 0 Å². The number of aliphatic carboxylic acids is 1. The van der Waals surface area contributed by atoms with Crippen LogP contribution in [0.3, 0.4) is 0 Å². The van der Waals surface area contributed by atoms with E-state index in [0.717, 1.165) is 18.2 Å². The highest BCUT2D eigenvalue weighted by atomic mass is 32.2. The van der Waals surface area contributed by atoms with Crippen molar-refractivity contribution in [3.63, 3.8) is 0 Å². The van der Waals surface area contributed by atoms with Gasteiger partial charge >= 0.3 is 18.3 Å². The Morgan fingerprint density at radius 2 is 1.48 bits per heavy atom. The predicted octanol–water partition coefficient (Wildman–Crippen LogP) is 5.51. The fourth-order valence-corrected chi connectivity index (χ4v) is 6.44. The highest BCUT2D eigenvalue weighted by Gasteiger charge is 2.45. The lowest BCUT2D eigenvalue weighted by molar-refractivity contribution is -0.192. The minimum absolute atomic E-state index is 0.153. The molecule has 1 aliphatic rings. The Hall–Kier alpha value is -3.34. The third kappa shape index (κ3) is 9.09. The van der Waals surface area contributed by atoms with Crippen LogP contribution in [0.15, 0.2) is 41.3 Å². The number of rotatable bonds is 7. The molecule has 0 aromatic heterocycles. The molecule has 7 nitrogen and oxygen atoms in total. The molecule has 0 bridgehead atoms. The fourth-order valence-electron chi connectivity index (χ4n) is 4.62. The quantitative estimate of drug-likeness (QED) is 0.298. The van der Waals surface area contributed by atoms with Gasteiger partial charge in [0, 0.05) is 31.6 Å². The maximum Gasteiger partial charge on any atom is 0.490 e. The lowest BCUT2D eigenvalue weighted by Gasteiger charge is -2.40. The summed E-state index contributed by atoms with van der Waals surface area (Å²) in [5.74, 6) is -7.06. The van der Waals surface area contributed by atoms with Gasteiger partial charge in [-0.25, -0.2) is 26.4 Å². The number of carboxylic acid groups (broad SMARTS) is 1.